The minimum absolute atomic E-state index is 0.00678. The van der Waals surface area contributed by atoms with Gasteiger partial charge in [-0.3, -0.25) is 9.35 Å². The molecule has 0 spiro atoms. The van der Waals surface area contributed by atoms with Crippen LogP contribution in [0.1, 0.15) is 22.8 Å². The van der Waals surface area contributed by atoms with Crippen molar-refractivity contribution in [3.05, 3.63) is 82.9 Å². The number of carbonyl (C=O) groups excluding carboxylic acids is 1. The Morgan fingerprint density at radius 3 is 2.54 bits per heavy atom. The van der Waals surface area contributed by atoms with Gasteiger partial charge in [0, 0.05) is 17.1 Å². The van der Waals surface area contributed by atoms with Crippen molar-refractivity contribution >= 4 is 55.5 Å². The summed E-state index contributed by atoms with van der Waals surface area (Å²) in [6.45, 7) is 3.87. The molecule has 9 nitrogen and oxygen atoms in total. The van der Waals surface area contributed by atoms with E-state index in [1.54, 1.807) is 55.5 Å². The maximum Gasteiger partial charge on any atom is 0.296 e. The van der Waals surface area contributed by atoms with Crippen LogP contribution in [0.25, 0.3) is 10.8 Å². The van der Waals surface area contributed by atoms with Crippen molar-refractivity contribution in [2.24, 2.45) is 10.2 Å². The second kappa shape index (κ2) is 10.6. The summed E-state index contributed by atoms with van der Waals surface area (Å²) in [6.07, 6.45) is 0. The molecule has 0 atom stereocenters. The van der Waals surface area contributed by atoms with Crippen LogP contribution in [0.3, 0.4) is 0 Å². The van der Waals surface area contributed by atoms with Gasteiger partial charge in [0.1, 0.15) is 16.3 Å². The molecule has 4 rings (SSSR count). The molecule has 0 bridgehead atoms. The molecule has 190 valence electrons. The summed E-state index contributed by atoms with van der Waals surface area (Å²) >= 11 is 6.02. The van der Waals surface area contributed by atoms with Crippen LogP contribution in [0.15, 0.2) is 81.9 Å². The van der Waals surface area contributed by atoms with Crippen LogP contribution >= 0.6 is 11.6 Å². The van der Waals surface area contributed by atoms with Crippen molar-refractivity contribution in [1.29, 1.82) is 0 Å². The third-order valence-electron chi connectivity index (χ3n) is 5.39. The summed E-state index contributed by atoms with van der Waals surface area (Å²) in [7, 11) is -4.60. The third kappa shape index (κ3) is 5.72. The highest BCUT2D eigenvalue weighted by Gasteiger charge is 2.20. The van der Waals surface area contributed by atoms with Crippen LogP contribution in [0, 0.1) is 6.92 Å². The molecule has 3 N–H and O–H groups in total. The number of aromatic hydroxyl groups is 1. The zero-order chi connectivity index (χ0) is 26.7. The molecular weight excluding hydrogens is 518 g/mol. The number of amides is 1. The van der Waals surface area contributed by atoms with Crippen molar-refractivity contribution < 1.29 is 27.6 Å². The fourth-order valence-electron chi connectivity index (χ4n) is 3.69. The van der Waals surface area contributed by atoms with Gasteiger partial charge in [0.2, 0.25) is 0 Å². The van der Waals surface area contributed by atoms with E-state index in [2.05, 4.69) is 15.5 Å². The van der Waals surface area contributed by atoms with E-state index in [0.29, 0.717) is 34.4 Å². The van der Waals surface area contributed by atoms with E-state index in [0.717, 1.165) is 6.07 Å². The van der Waals surface area contributed by atoms with Gasteiger partial charge in [-0.15, -0.1) is 5.11 Å². The van der Waals surface area contributed by atoms with E-state index in [1.165, 1.54) is 12.1 Å². The van der Waals surface area contributed by atoms with Gasteiger partial charge < -0.3 is 15.2 Å². The predicted molar refractivity (Wildman–Crippen MR) is 141 cm³/mol. The molecule has 0 saturated heterocycles. The van der Waals surface area contributed by atoms with Crippen molar-refractivity contribution in [3.8, 4) is 11.5 Å². The predicted octanol–water partition coefficient (Wildman–Crippen LogP) is 6.82. The molecule has 0 aliphatic carbocycles. The standard InChI is InChI=1S/C26H22ClN3O6S/c1-3-36-19-9-6-8-17(13-19)28-26(32)21-12-16-7-4-5-10-20(16)24(25(21)31)30-29-18-11-15(2)23(27)22(14-18)37(33,34)35/h4-14,31H,3H2,1-2H3,(H,28,32)(H,33,34,35). The van der Waals surface area contributed by atoms with E-state index in [-0.39, 0.29) is 22.0 Å². The lowest BCUT2D eigenvalue weighted by Gasteiger charge is -2.12. The number of halogens is 1. The first-order chi connectivity index (χ1) is 17.6. The molecule has 0 radical (unpaired) electrons. The fourth-order valence-corrected chi connectivity index (χ4v) is 4.75. The van der Waals surface area contributed by atoms with Crippen LogP contribution in [0.2, 0.25) is 5.02 Å². The second-order valence-corrected chi connectivity index (χ2v) is 9.78. The van der Waals surface area contributed by atoms with Gasteiger partial charge in [-0.25, -0.2) is 0 Å². The molecule has 37 heavy (non-hydrogen) atoms. The Balaban J connectivity index is 1.77. The highest BCUT2D eigenvalue weighted by Crippen LogP contribution is 2.40. The lowest BCUT2D eigenvalue weighted by molar-refractivity contribution is 0.102. The van der Waals surface area contributed by atoms with Crippen LogP contribution < -0.4 is 10.1 Å². The first-order valence-electron chi connectivity index (χ1n) is 11.1. The quantitative estimate of drug-likeness (QED) is 0.174. The average Bonchev–Trinajstić information content (AvgIpc) is 2.84. The SMILES string of the molecule is CCOc1cccc(NC(=O)c2cc3ccccc3c(N=Nc3cc(C)c(Cl)c(S(=O)(=O)O)c3)c2O)c1. The van der Waals surface area contributed by atoms with Crippen LogP contribution in [-0.2, 0) is 10.1 Å². The lowest BCUT2D eigenvalue weighted by atomic mass is 10.0. The number of hydrogen-bond acceptors (Lipinski definition) is 7. The fraction of sp³-hybridized carbons (Fsp3) is 0.115. The minimum atomic E-state index is -4.60. The first kappa shape index (κ1) is 26.1. The summed E-state index contributed by atoms with van der Waals surface area (Å²) in [5, 5.41) is 23.0. The number of rotatable bonds is 7. The van der Waals surface area contributed by atoms with Gasteiger partial charge >= 0.3 is 0 Å². The summed E-state index contributed by atoms with van der Waals surface area (Å²) in [5.74, 6) is -0.411. The third-order valence-corrected chi connectivity index (χ3v) is 6.88. The maximum atomic E-state index is 13.1. The number of ether oxygens (including phenoxy) is 1. The Bertz CT molecular complexity index is 1650. The van der Waals surface area contributed by atoms with Crippen molar-refractivity contribution in [1.82, 2.24) is 0 Å². The Morgan fingerprint density at radius 2 is 1.81 bits per heavy atom. The lowest BCUT2D eigenvalue weighted by Crippen LogP contribution is -2.12. The minimum Gasteiger partial charge on any atom is -0.505 e. The van der Waals surface area contributed by atoms with Crippen molar-refractivity contribution in [3.63, 3.8) is 0 Å². The van der Waals surface area contributed by atoms with Crippen molar-refractivity contribution in [2.45, 2.75) is 18.7 Å². The molecule has 0 aliphatic rings. The zero-order valence-corrected chi connectivity index (χ0v) is 21.3. The molecule has 0 unspecified atom stereocenters. The van der Waals surface area contributed by atoms with E-state index in [4.69, 9.17) is 16.3 Å². The number of fused-ring (bicyclic) bond motifs is 1. The number of phenols is 1. The summed E-state index contributed by atoms with van der Waals surface area (Å²) in [5.41, 5.74) is 0.858. The number of aryl methyl sites for hydroxylation is 1. The Labute approximate surface area is 218 Å². The first-order valence-corrected chi connectivity index (χ1v) is 12.9. The molecule has 0 saturated carbocycles. The average molecular weight is 540 g/mol. The Hall–Kier alpha value is -3.99. The topological polar surface area (TPSA) is 138 Å². The number of azo groups is 1. The summed E-state index contributed by atoms with van der Waals surface area (Å²) in [6, 6.07) is 17.9. The highest BCUT2D eigenvalue weighted by atomic mass is 35.5. The maximum absolute atomic E-state index is 13.1. The molecule has 0 heterocycles. The summed E-state index contributed by atoms with van der Waals surface area (Å²) < 4.78 is 38.3. The molecule has 0 aliphatic heterocycles. The molecule has 0 fully saturated rings. The van der Waals surface area contributed by atoms with Crippen LogP contribution in [-0.4, -0.2) is 30.6 Å². The number of nitrogens with zero attached hydrogens (tertiary/aromatic N) is 2. The largest absolute Gasteiger partial charge is 0.505 e. The summed E-state index contributed by atoms with van der Waals surface area (Å²) in [4.78, 5) is 12.6. The second-order valence-electron chi connectivity index (χ2n) is 8.01. The highest BCUT2D eigenvalue weighted by molar-refractivity contribution is 7.86. The zero-order valence-electron chi connectivity index (χ0n) is 19.8. The van der Waals surface area contributed by atoms with E-state index >= 15 is 0 Å². The van der Waals surface area contributed by atoms with Gasteiger partial charge in [-0.2, -0.15) is 13.5 Å². The molecular formula is C26H22ClN3O6S. The van der Waals surface area contributed by atoms with Gasteiger partial charge in [0.05, 0.1) is 22.9 Å². The van der Waals surface area contributed by atoms with Crippen LogP contribution in [0.5, 0.6) is 11.5 Å². The number of benzene rings is 4. The van der Waals surface area contributed by atoms with Crippen LogP contribution in [0.4, 0.5) is 17.1 Å². The number of hydrogen-bond donors (Lipinski definition) is 3. The Morgan fingerprint density at radius 1 is 1.05 bits per heavy atom. The van der Waals surface area contributed by atoms with Gasteiger partial charge in [-0.05, 0) is 55.1 Å². The number of carbonyl (C=O) groups is 1. The molecule has 1 amide bonds. The van der Waals surface area contributed by atoms with E-state index < -0.39 is 26.7 Å². The molecule has 11 heteroatoms. The number of nitrogens with one attached hydrogen (secondary N) is 1. The monoisotopic (exact) mass is 539 g/mol. The van der Waals surface area contributed by atoms with Gasteiger partial charge in [0.15, 0.2) is 5.75 Å². The van der Waals surface area contributed by atoms with Gasteiger partial charge in [-0.1, -0.05) is 41.9 Å². The number of phenolic OH excluding ortho intramolecular Hbond substituents is 1. The van der Waals surface area contributed by atoms with Crippen molar-refractivity contribution in [2.75, 3.05) is 11.9 Å². The molecule has 4 aromatic rings. The molecule has 0 aromatic heterocycles. The smallest absolute Gasteiger partial charge is 0.296 e. The molecule has 4 aromatic carbocycles. The van der Waals surface area contributed by atoms with E-state index in [9.17, 15) is 22.9 Å². The van der Waals surface area contributed by atoms with Gasteiger partial charge in [0.25, 0.3) is 16.0 Å². The number of anilines is 1. The Kier molecular flexibility index (Phi) is 7.44. The normalized spacial score (nSPS) is 11.7. The van der Waals surface area contributed by atoms with E-state index in [1.807, 2.05) is 6.92 Å².